The molecule has 148 valence electrons. The second-order valence-corrected chi connectivity index (χ2v) is 7.26. The number of nitrogens with one attached hydrogen (secondary N) is 1. The predicted octanol–water partition coefficient (Wildman–Crippen LogP) is 2.79. The van der Waals surface area contributed by atoms with Crippen molar-refractivity contribution in [2.75, 3.05) is 18.4 Å². The first-order chi connectivity index (χ1) is 14.1. The van der Waals surface area contributed by atoms with Crippen LogP contribution in [0, 0.1) is 0 Å². The third kappa shape index (κ3) is 3.76. The molecule has 7 heteroatoms. The Morgan fingerprint density at radius 3 is 2.38 bits per heavy atom. The zero-order valence-corrected chi connectivity index (χ0v) is 16.3. The first-order valence-corrected chi connectivity index (χ1v) is 9.67. The van der Waals surface area contributed by atoms with E-state index in [1.807, 2.05) is 54.7 Å². The Hall–Kier alpha value is -3.48. The van der Waals surface area contributed by atoms with Gasteiger partial charge >= 0.3 is 0 Å². The molecule has 3 aromatic rings. The molecule has 29 heavy (non-hydrogen) atoms. The molecule has 0 bridgehead atoms. The van der Waals surface area contributed by atoms with Crippen molar-refractivity contribution >= 4 is 17.5 Å². The molecular weight excluding hydrogens is 366 g/mol. The highest BCUT2D eigenvalue weighted by Gasteiger charge is 2.43. The monoisotopic (exact) mass is 389 g/mol. The molecule has 2 aromatic heterocycles. The molecule has 0 atom stereocenters. The van der Waals surface area contributed by atoms with Crippen molar-refractivity contribution in [2.45, 2.75) is 25.2 Å². The maximum Gasteiger partial charge on any atom is 0.235 e. The Morgan fingerprint density at radius 2 is 1.79 bits per heavy atom. The zero-order valence-electron chi connectivity index (χ0n) is 16.3. The van der Waals surface area contributed by atoms with Crippen molar-refractivity contribution in [1.82, 2.24) is 19.7 Å². The van der Waals surface area contributed by atoms with E-state index in [9.17, 15) is 9.59 Å². The number of carbonyl (C=O) groups is 2. The van der Waals surface area contributed by atoms with Gasteiger partial charge in [-0.05, 0) is 36.6 Å². The number of aromatic nitrogens is 3. The van der Waals surface area contributed by atoms with Gasteiger partial charge in [-0.2, -0.15) is 5.10 Å². The standard InChI is InChI=1S/C22H23N5O2/c1-17(28)26-14-10-22(11-15-26,18-6-3-2-4-7-18)21(29)25-19-8-9-20(23-16-19)27-13-5-12-24-27/h2-9,12-13,16H,10-11,14-15H2,1H3,(H,25,29). The van der Waals surface area contributed by atoms with Crippen LogP contribution in [0.25, 0.3) is 5.82 Å². The summed E-state index contributed by atoms with van der Waals surface area (Å²) in [5.74, 6) is 0.659. The molecule has 0 aliphatic carbocycles. The number of piperidine rings is 1. The van der Waals surface area contributed by atoms with Crippen LogP contribution in [0.5, 0.6) is 0 Å². The lowest BCUT2D eigenvalue weighted by atomic mass is 9.72. The van der Waals surface area contributed by atoms with E-state index in [1.165, 1.54) is 0 Å². The fourth-order valence-corrected chi connectivity index (χ4v) is 3.86. The highest BCUT2D eigenvalue weighted by atomic mass is 16.2. The van der Waals surface area contributed by atoms with Gasteiger partial charge in [-0.1, -0.05) is 30.3 Å². The lowest BCUT2D eigenvalue weighted by Gasteiger charge is -2.40. The van der Waals surface area contributed by atoms with Crippen molar-refractivity contribution in [1.29, 1.82) is 0 Å². The Morgan fingerprint density at radius 1 is 1.03 bits per heavy atom. The van der Waals surface area contributed by atoms with Gasteiger partial charge in [-0.25, -0.2) is 9.67 Å². The normalized spacial score (nSPS) is 15.7. The van der Waals surface area contributed by atoms with Crippen molar-refractivity contribution in [2.24, 2.45) is 0 Å². The Kier molecular flexibility index (Phi) is 5.12. The second kappa shape index (κ2) is 7.87. The van der Waals surface area contributed by atoms with E-state index in [1.54, 1.807) is 28.9 Å². The van der Waals surface area contributed by atoms with E-state index in [2.05, 4.69) is 15.4 Å². The molecule has 3 heterocycles. The minimum Gasteiger partial charge on any atom is -0.343 e. The summed E-state index contributed by atoms with van der Waals surface area (Å²) in [6.07, 6.45) is 6.31. The third-order valence-corrected chi connectivity index (χ3v) is 5.57. The first-order valence-electron chi connectivity index (χ1n) is 9.67. The quantitative estimate of drug-likeness (QED) is 0.744. The van der Waals surface area contributed by atoms with Crippen molar-refractivity contribution in [3.05, 3.63) is 72.7 Å². The van der Waals surface area contributed by atoms with Crippen LogP contribution in [-0.4, -0.2) is 44.6 Å². The van der Waals surface area contributed by atoms with E-state index in [0.29, 0.717) is 37.4 Å². The van der Waals surface area contributed by atoms with Crippen LogP contribution >= 0.6 is 0 Å². The van der Waals surface area contributed by atoms with Gasteiger partial charge in [0, 0.05) is 32.4 Å². The number of hydrogen-bond donors (Lipinski definition) is 1. The molecule has 1 saturated heterocycles. The molecule has 1 aliphatic rings. The van der Waals surface area contributed by atoms with E-state index in [0.717, 1.165) is 5.56 Å². The summed E-state index contributed by atoms with van der Waals surface area (Å²) < 4.78 is 1.66. The number of amides is 2. The summed E-state index contributed by atoms with van der Waals surface area (Å²) in [6, 6.07) is 15.3. The van der Waals surface area contributed by atoms with Crippen molar-refractivity contribution in [3.8, 4) is 5.82 Å². The van der Waals surface area contributed by atoms with E-state index in [4.69, 9.17) is 0 Å². The van der Waals surface area contributed by atoms with Gasteiger partial charge in [-0.3, -0.25) is 9.59 Å². The molecule has 1 aliphatic heterocycles. The third-order valence-electron chi connectivity index (χ3n) is 5.57. The summed E-state index contributed by atoms with van der Waals surface area (Å²) in [6.45, 7) is 2.70. The lowest BCUT2D eigenvalue weighted by Crippen LogP contribution is -2.50. The minimum atomic E-state index is -0.673. The summed E-state index contributed by atoms with van der Waals surface area (Å²) in [5, 5.41) is 7.19. The van der Waals surface area contributed by atoms with Crippen LogP contribution in [0.1, 0.15) is 25.3 Å². The highest BCUT2D eigenvalue weighted by Crippen LogP contribution is 2.37. The summed E-state index contributed by atoms with van der Waals surface area (Å²) in [5.41, 5.74) is 0.936. The van der Waals surface area contributed by atoms with Crippen LogP contribution in [0.15, 0.2) is 67.1 Å². The van der Waals surface area contributed by atoms with E-state index < -0.39 is 5.41 Å². The molecule has 7 nitrogen and oxygen atoms in total. The van der Waals surface area contributed by atoms with E-state index in [-0.39, 0.29) is 11.8 Å². The van der Waals surface area contributed by atoms with Crippen LogP contribution in [0.3, 0.4) is 0 Å². The molecule has 1 fully saturated rings. The smallest absolute Gasteiger partial charge is 0.235 e. The molecular formula is C22H23N5O2. The molecule has 0 spiro atoms. The van der Waals surface area contributed by atoms with Crippen LogP contribution in [0.2, 0.25) is 0 Å². The largest absolute Gasteiger partial charge is 0.343 e. The average molecular weight is 389 g/mol. The van der Waals surface area contributed by atoms with Gasteiger partial charge in [0.1, 0.15) is 0 Å². The number of anilines is 1. The van der Waals surface area contributed by atoms with Crippen LogP contribution < -0.4 is 5.32 Å². The molecule has 0 unspecified atom stereocenters. The molecule has 4 rings (SSSR count). The summed E-state index contributed by atoms with van der Waals surface area (Å²) in [7, 11) is 0. The van der Waals surface area contributed by atoms with Crippen LogP contribution in [-0.2, 0) is 15.0 Å². The number of hydrogen-bond acceptors (Lipinski definition) is 4. The second-order valence-electron chi connectivity index (χ2n) is 7.26. The minimum absolute atomic E-state index is 0.0467. The van der Waals surface area contributed by atoms with Crippen molar-refractivity contribution in [3.63, 3.8) is 0 Å². The number of nitrogens with zero attached hydrogens (tertiary/aromatic N) is 4. The van der Waals surface area contributed by atoms with Gasteiger partial charge in [0.25, 0.3) is 0 Å². The molecule has 1 aromatic carbocycles. The Labute approximate surface area is 169 Å². The maximum absolute atomic E-state index is 13.4. The zero-order chi connectivity index (χ0) is 20.3. The highest BCUT2D eigenvalue weighted by molar-refractivity contribution is 5.99. The fourth-order valence-electron chi connectivity index (χ4n) is 3.86. The number of carbonyl (C=O) groups excluding carboxylic acids is 2. The van der Waals surface area contributed by atoms with Gasteiger partial charge in [0.15, 0.2) is 5.82 Å². The molecule has 1 N–H and O–H groups in total. The predicted molar refractivity (Wildman–Crippen MR) is 110 cm³/mol. The summed E-state index contributed by atoms with van der Waals surface area (Å²) in [4.78, 5) is 31.4. The molecule has 0 saturated carbocycles. The topological polar surface area (TPSA) is 80.1 Å². The summed E-state index contributed by atoms with van der Waals surface area (Å²) >= 11 is 0. The Balaban J connectivity index is 1.57. The Bertz CT molecular complexity index is 976. The molecule has 2 amide bonds. The average Bonchev–Trinajstić information content (AvgIpc) is 3.30. The maximum atomic E-state index is 13.4. The van der Waals surface area contributed by atoms with Gasteiger partial charge in [-0.15, -0.1) is 0 Å². The van der Waals surface area contributed by atoms with Gasteiger partial charge in [0.05, 0.1) is 17.3 Å². The number of rotatable bonds is 4. The molecule has 0 radical (unpaired) electrons. The van der Waals surface area contributed by atoms with Gasteiger partial charge < -0.3 is 10.2 Å². The van der Waals surface area contributed by atoms with E-state index >= 15 is 0 Å². The SMILES string of the molecule is CC(=O)N1CCC(C(=O)Nc2ccc(-n3cccn3)nc2)(c2ccccc2)CC1. The van der Waals surface area contributed by atoms with Crippen molar-refractivity contribution < 1.29 is 9.59 Å². The van der Waals surface area contributed by atoms with Crippen LogP contribution in [0.4, 0.5) is 5.69 Å². The number of benzene rings is 1. The first kappa shape index (κ1) is 18.9. The van der Waals surface area contributed by atoms with Gasteiger partial charge in [0.2, 0.25) is 11.8 Å². The lowest BCUT2D eigenvalue weighted by molar-refractivity contribution is -0.133. The number of pyridine rings is 1. The fraction of sp³-hybridized carbons (Fsp3) is 0.273. The number of likely N-dealkylation sites (tertiary alicyclic amines) is 1.